The summed E-state index contributed by atoms with van der Waals surface area (Å²) in [7, 11) is 0. The average molecular weight is 417 g/mol. The van der Waals surface area contributed by atoms with Gasteiger partial charge in [0, 0.05) is 6.04 Å². The SMILES string of the molecule is CC(O)(CC(=O)Nc1nc2ccc(C(F)(F)F)cc2n1C1CCC1)c1ccccc1. The fourth-order valence-electron chi connectivity index (χ4n) is 3.75. The Kier molecular flexibility index (Phi) is 5.05. The maximum atomic E-state index is 13.2. The highest BCUT2D eigenvalue weighted by molar-refractivity contribution is 5.92. The first-order valence-electron chi connectivity index (χ1n) is 9.82. The van der Waals surface area contributed by atoms with E-state index in [4.69, 9.17) is 0 Å². The van der Waals surface area contributed by atoms with Crippen molar-refractivity contribution in [2.24, 2.45) is 0 Å². The first-order chi connectivity index (χ1) is 14.1. The summed E-state index contributed by atoms with van der Waals surface area (Å²) in [6.07, 6.45) is -2.07. The van der Waals surface area contributed by atoms with Gasteiger partial charge in [-0.1, -0.05) is 30.3 Å². The molecular formula is C22H22F3N3O2. The highest BCUT2D eigenvalue weighted by Crippen LogP contribution is 2.39. The Morgan fingerprint density at radius 3 is 2.47 bits per heavy atom. The van der Waals surface area contributed by atoms with Gasteiger partial charge in [-0.15, -0.1) is 0 Å². The second kappa shape index (κ2) is 7.43. The Balaban J connectivity index is 1.64. The Morgan fingerprint density at radius 1 is 1.17 bits per heavy atom. The van der Waals surface area contributed by atoms with Crippen LogP contribution in [0.3, 0.4) is 0 Å². The van der Waals surface area contributed by atoms with E-state index in [0.717, 1.165) is 31.4 Å². The lowest BCUT2D eigenvalue weighted by Gasteiger charge is -2.29. The Morgan fingerprint density at radius 2 is 1.87 bits per heavy atom. The van der Waals surface area contributed by atoms with Crippen molar-refractivity contribution < 1.29 is 23.1 Å². The van der Waals surface area contributed by atoms with Crippen molar-refractivity contribution in [2.45, 2.75) is 50.4 Å². The molecule has 1 unspecified atom stereocenters. The molecule has 1 heterocycles. The number of anilines is 1. The smallest absolute Gasteiger partial charge is 0.385 e. The minimum absolute atomic E-state index is 0.0107. The van der Waals surface area contributed by atoms with E-state index < -0.39 is 23.2 Å². The summed E-state index contributed by atoms with van der Waals surface area (Å²) < 4.78 is 41.2. The molecule has 2 aromatic carbocycles. The molecule has 1 atom stereocenters. The molecule has 1 fully saturated rings. The molecule has 30 heavy (non-hydrogen) atoms. The average Bonchev–Trinajstić information content (AvgIpc) is 2.97. The number of benzene rings is 2. The predicted octanol–water partition coefficient (Wildman–Crippen LogP) is 5.02. The summed E-state index contributed by atoms with van der Waals surface area (Å²) in [5.74, 6) is -0.251. The lowest BCUT2D eigenvalue weighted by Crippen LogP contribution is -2.30. The van der Waals surface area contributed by atoms with Crippen LogP contribution in [0.15, 0.2) is 48.5 Å². The maximum absolute atomic E-state index is 13.2. The van der Waals surface area contributed by atoms with Crippen molar-refractivity contribution in [2.75, 3.05) is 5.32 Å². The van der Waals surface area contributed by atoms with Gasteiger partial charge in [0.1, 0.15) is 0 Å². The number of hydrogen-bond acceptors (Lipinski definition) is 3. The lowest BCUT2D eigenvalue weighted by atomic mass is 9.92. The first-order valence-corrected chi connectivity index (χ1v) is 9.82. The molecule has 4 rings (SSSR count). The molecule has 8 heteroatoms. The van der Waals surface area contributed by atoms with Gasteiger partial charge in [-0.05, 0) is 49.9 Å². The molecule has 1 aliphatic rings. The first kappa shape index (κ1) is 20.4. The van der Waals surface area contributed by atoms with E-state index in [9.17, 15) is 23.1 Å². The number of alkyl halides is 3. The molecule has 1 amide bonds. The maximum Gasteiger partial charge on any atom is 0.416 e. The zero-order valence-corrected chi connectivity index (χ0v) is 16.4. The zero-order chi connectivity index (χ0) is 21.5. The van der Waals surface area contributed by atoms with Crippen LogP contribution in [0, 0.1) is 0 Å². The van der Waals surface area contributed by atoms with Crippen molar-refractivity contribution in [3.05, 3.63) is 59.7 Å². The predicted molar refractivity (Wildman–Crippen MR) is 107 cm³/mol. The molecule has 0 radical (unpaired) electrons. The van der Waals surface area contributed by atoms with Gasteiger partial charge >= 0.3 is 6.18 Å². The van der Waals surface area contributed by atoms with Crippen LogP contribution >= 0.6 is 0 Å². The van der Waals surface area contributed by atoms with Crippen LogP contribution in [0.4, 0.5) is 19.1 Å². The number of amides is 1. The number of aromatic nitrogens is 2. The van der Waals surface area contributed by atoms with Crippen LogP contribution in [-0.4, -0.2) is 20.6 Å². The van der Waals surface area contributed by atoms with E-state index in [2.05, 4.69) is 10.3 Å². The topological polar surface area (TPSA) is 67.2 Å². The third-order valence-electron chi connectivity index (χ3n) is 5.61. The number of aliphatic hydroxyl groups is 1. The lowest BCUT2D eigenvalue weighted by molar-refractivity contribution is -0.137. The standard InChI is InChI=1S/C22H22F3N3O2/c1-21(30,14-6-3-2-4-7-14)13-19(29)27-20-26-17-11-10-15(22(23,24)25)12-18(17)28(20)16-8-5-9-16/h2-4,6-7,10-12,16,30H,5,8-9,13H2,1H3,(H,26,27,29). The number of halogens is 3. The van der Waals surface area contributed by atoms with E-state index in [1.807, 2.05) is 6.07 Å². The van der Waals surface area contributed by atoms with Crippen LogP contribution in [0.25, 0.3) is 11.0 Å². The van der Waals surface area contributed by atoms with Crippen molar-refractivity contribution in [3.8, 4) is 0 Å². The van der Waals surface area contributed by atoms with E-state index in [0.29, 0.717) is 16.6 Å². The van der Waals surface area contributed by atoms with E-state index in [-0.39, 0.29) is 18.4 Å². The van der Waals surface area contributed by atoms with Crippen LogP contribution in [0.1, 0.15) is 49.8 Å². The van der Waals surface area contributed by atoms with Crippen LogP contribution in [-0.2, 0) is 16.6 Å². The number of carbonyl (C=O) groups excluding carboxylic acids is 1. The minimum Gasteiger partial charge on any atom is -0.385 e. The number of fused-ring (bicyclic) bond motifs is 1. The van der Waals surface area contributed by atoms with E-state index in [1.165, 1.54) is 6.07 Å². The van der Waals surface area contributed by atoms with Crippen LogP contribution in [0.2, 0.25) is 0 Å². The van der Waals surface area contributed by atoms with Crippen molar-refractivity contribution in [1.29, 1.82) is 0 Å². The van der Waals surface area contributed by atoms with Gasteiger partial charge < -0.3 is 9.67 Å². The highest BCUT2D eigenvalue weighted by atomic mass is 19.4. The molecule has 1 aliphatic carbocycles. The van der Waals surface area contributed by atoms with Crippen LogP contribution in [0.5, 0.6) is 0 Å². The van der Waals surface area contributed by atoms with Crippen molar-refractivity contribution >= 4 is 22.9 Å². The van der Waals surface area contributed by atoms with Gasteiger partial charge in [0.2, 0.25) is 11.9 Å². The summed E-state index contributed by atoms with van der Waals surface area (Å²) in [5, 5.41) is 13.4. The number of imidazole rings is 1. The second-order valence-corrected chi connectivity index (χ2v) is 7.96. The molecule has 0 aliphatic heterocycles. The molecule has 1 saturated carbocycles. The molecule has 0 spiro atoms. The number of nitrogens with zero attached hydrogens (tertiary/aromatic N) is 2. The zero-order valence-electron chi connectivity index (χ0n) is 16.4. The quantitative estimate of drug-likeness (QED) is 0.613. The van der Waals surface area contributed by atoms with Gasteiger partial charge in [-0.3, -0.25) is 10.1 Å². The third-order valence-corrected chi connectivity index (χ3v) is 5.61. The van der Waals surface area contributed by atoms with Gasteiger partial charge in [0.15, 0.2) is 0 Å². The van der Waals surface area contributed by atoms with Gasteiger partial charge in [-0.25, -0.2) is 4.98 Å². The third kappa shape index (κ3) is 3.92. The van der Waals surface area contributed by atoms with Crippen molar-refractivity contribution in [3.63, 3.8) is 0 Å². The Labute approximate surface area is 171 Å². The molecule has 5 nitrogen and oxygen atoms in total. The monoisotopic (exact) mass is 417 g/mol. The van der Waals surface area contributed by atoms with Crippen LogP contribution < -0.4 is 5.32 Å². The summed E-state index contributed by atoms with van der Waals surface area (Å²) in [6.45, 7) is 1.55. The fraction of sp³-hybridized carbons (Fsp3) is 0.364. The molecule has 1 aromatic heterocycles. The molecule has 158 valence electrons. The van der Waals surface area contributed by atoms with Gasteiger partial charge in [0.05, 0.1) is 28.6 Å². The highest BCUT2D eigenvalue weighted by Gasteiger charge is 2.33. The molecule has 3 aromatic rings. The van der Waals surface area contributed by atoms with Gasteiger partial charge in [-0.2, -0.15) is 13.2 Å². The Hall–Kier alpha value is -2.87. The summed E-state index contributed by atoms with van der Waals surface area (Å²) in [5.41, 5.74) is -0.801. The van der Waals surface area contributed by atoms with Gasteiger partial charge in [0.25, 0.3) is 0 Å². The fourth-order valence-corrected chi connectivity index (χ4v) is 3.75. The Bertz CT molecular complexity index is 1070. The number of rotatable bonds is 5. The second-order valence-electron chi connectivity index (χ2n) is 7.96. The normalized spacial score (nSPS) is 16.8. The minimum atomic E-state index is -4.46. The molecule has 2 N–H and O–H groups in total. The number of hydrogen-bond donors (Lipinski definition) is 2. The summed E-state index contributed by atoms with van der Waals surface area (Å²) in [4.78, 5) is 17.0. The molecule has 0 saturated heterocycles. The molecule has 0 bridgehead atoms. The summed E-state index contributed by atoms with van der Waals surface area (Å²) >= 11 is 0. The number of nitrogens with one attached hydrogen (secondary N) is 1. The summed E-state index contributed by atoms with van der Waals surface area (Å²) in [6, 6.07) is 12.2. The molecular weight excluding hydrogens is 395 g/mol. The van der Waals surface area contributed by atoms with E-state index in [1.54, 1.807) is 35.8 Å². The van der Waals surface area contributed by atoms with Crippen molar-refractivity contribution in [1.82, 2.24) is 9.55 Å². The van der Waals surface area contributed by atoms with E-state index >= 15 is 0 Å². The largest absolute Gasteiger partial charge is 0.416 e. The number of carbonyl (C=O) groups is 1.